The maximum Gasteiger partial charge on any atom is 0.228 e. The zero-order chi connectivity index (χ0) is 19.4. The molecule has 6 nitrogen and oxygen atoms in total. The van der Waals surface area contributed by atoms with Crippen LogP contribution in [0.3, 0.4) is 0 Å². The molecule has 1 spiro atoms. The van der Waals surface area contributed by atoms with Crippen molar-refractivity contribution >= 4 is 17.6 Å². The minimum absolute atomic E-state index is 0.524. The third kappa shape index (κ3) is 4.32. The molecule has 0 radical (unpaired) electrons. The van der Waals surface area contributed by atoms with E-state index in [0.29, 0.717) is 28.6 Å². The molecule has 2 aliphatic rings. The second-order valence-electron chi connectivity index (χ2n) is 7.97. The normalized spacial score (nSPS) is 19.4. The molecule has 2 heterocycles. The van der Waals surface area contributed by atoms with Crippen molar-refractivity contribution in [3.63, 3.8) is 0 Å². The van der Waals surface area contributed by atoms with Gasteiger partial charge < -0.3 is 14.7 Å². The van der Waals surface area contributed by atoms with Crippen molar-refractivity contribution in [3.05, 3.63) is 35.2 Å². The van der Waals surface area contributed by atoms with Crippen LogP contribution in [0.2, 0.25) is 5.02 Å². The number of hydrogen-bond donors (Lipinski definition) is 1. The summed E-state index contributed by atoms with van der Waals surface area (Å²) in [6.07, 6.45) is 8.86. The van der Waals surface area contributed by atoms with Gasteiger partial charge in [-0.2, -0.15) is 4.98 Å². The van der Waals surface area contributed by atoms with Gasteiger partial charge in [-0.05, 0) is 48.9 Å². The highest BCUT2D eigenvalue weighted by Crippen LogP contribution is 2.43. The molecule has 1 saturated heterocycles. The van der Waals surface area contributed by atoms with Crippen molar-refractivity contribution < 1.29 is 4.52 Å². The molecule has 7 heteroatoms. The Kier molecular flexibility index (Phi) is 5.85. The van der Waals surface area contributed by atoms with Crippen LogP contribution < -0.4 is 5.32 Å². The monoisotopic (exact) mass is 401 g/mol. The zero-order valence-corrected chi connectivity index (χ0v) is 17.2. The first-order valence-electron chi connectivity index (χ1n) is 10.2. The van der Waals surface area contributed by atoms with E-state index in [1.807, 2.05) is 31.3 Å². The molecule has 1 aromatic heterocycles. The van der Waals surface area contributed by atoms with Crippen molar-refractivity contribution in [1.82, 2.24) is 20.4 Å². The lowest BCUT2D eigenvalue weighted by molar-refractivity contribution is 0.203. The minimum atomic E-state index is 0.524. The zero-order valence-electron chi connectivity index (χ0n) is 16.5. The number of benzene rings is 1. The molecule has 1 aromatic carbocycles. The topological polar surface area (TPSA) is 66.5 Å². The molecule has 0 amide bonds. The number of nitrogens with one attached hydrogen (secondary N) is 1. The van der Waals surface area contributed by atoms with E-state index in [-0.39, 0.29) is 0 Å². The predicted octanol–water partition coefficient (Wildman–Crippen LogP) is 4.16. The van der Waals surface area contributed by atoms with Crippen LogP contribution in [0.15, 0.2) is 33.8 Å². The summed E-state index contributed by atoms with van der Waals surface area (Å²) in [5, 5.41) is 8.23. The second kappa shape index (κ2) is 8.52. The Morgan fingerprint density at radius 3 is 2.75 bits per heavy atom. The molecule has 28 heavy (non-hydrogen) atoms. The van der Waals surface area contributed by atoms with Gasteiger partial charge in [-0.15, -0.1) is 0 Å². The second-order valence-corrected chi connectivity index (χ2v) is 8.41. The van der Waals surface area contributed by atoms with Gasteiger partial charge in [0.2, 0.25) is 11.7 Å². The lowest BCUT2D eigenvalue weighted by Crippen LogP contribution is -2.42. The molecule has 1 aliphatic heterocycles. The van der Waals surface area contributed by atoms with Gasteiger partial charge in [0, 0.05) is 43.7 Å². The first-order chi connectivity index (χ1) is 13.7. The minimum Gasteiger partial charge on any atom is -0.356 e. The summed E-state index contributed by atoms with van der Waals surface area (Å²) in [5.74, 6) is 2.20. The molecule has 0 bridgehead atoms. The highest BCUT2D eigenvalue weighted by Gasteiger charge is 2.39. The lowest BCUT2D eigenvalue weighted by Gasteiger charge is -2.33. The van der Waals surface area contributed by atoms with Gasteiger partial charge in [0.15, 0.2) is 5.96 Å². The van der Waals surface area contributed by atoms with Crippen molar-refractivity contribution in [3.8, 4) is 11.4 Å². The van der Waals surface area contributed by atoms with Gasteiger partial charge in [0.1, 0.15) is 0 Å². The van der Waals surface area contributed by atoms with Crippen molar-refractivity contribution in [2.45, 2.75) is 44.9 Å². The van der Waals surface area contributed by atoms with Gasteiger partial charge in [0.05, 0.1) is 0 Å². The van der Waals surface area contributed by atoms with Crippen LogP contribution in [0.25, 0.3) is 11.4 Å². The first kappa shape index (κ1) is 19.2. The number of rotatable bonds is 4. The van der Waals surface area contributed by atoms with Crippen LogP contribution in [0.4, 0.5) is 0 Å². The van der Waals surface area contributed by atoms with E-state index in [1.54, 1.807) is 0 Å². The smallest absolute Gasteiger partial charge is 0.228 e. The van der Waals surface area contributed by atoms with Gasteiger partial charge in [0.25, 0.3) is 0 Å². The molecule has 2 fully saturated rings. The quantitative estimate of drug-likeness (QED) is 0.615. The maximum absolute atomic E-state index is 5.93. The maximum atomic E-state index is 5.93. The Bertz CT molecular complexity index is 810. The third-order valence-electron chi connectivity index (χ3n) is 6.06. The molecule has 1 saturated carbocycles. The van der Waals surface area contributed by atoms with Crippen LogP contribution in [0, 0.1) is 5.41 Å². The summed E-state index contributed by atoms with van der Waals surface area (Å²) in [4.78, 5) is 11.4. The van der Waals surface area contributed by atoms with Gasteiger partial charge in [-0.25, -0.2) is 0 Å². The summed E-state index contributed by atoms with van der Waals surface area (Å²) in [6.45, 7) is 2.95. The lowest BCUT2D eigenvalue weighted by atomic mass is 9.73. The van der Waals surface area contributed by atoms with Crippen LogP contribution in [0.1, 0.15) is 44.4 Å². The molecule has 1 N–H and O–H groups in total. The van der Waals surface area contributed by atoms with E-state index in [9.17, 15) is 0 Å². The summed E-state index contributed by atoms with van der Waals surface area (Å²) in [5.41, 5.74) is 1.42. The SMILES string of the molecule is CN=C(NCCc1nc(-c2ccc(Cl)cc2)no1)N1CCC2(CCCCC2)C1. The summed E-state index contributed by atoms with van der Waals surface area (Å²) in [6, 6.07) is 7.44. The third-order valence-corrected chi connectivity index (χ3v) is 6.31. The van der Waals surface area contributed by atoms with Gasteiger partial charge >= 0.3 is 0 Å². The molecule has 1 aliphatic carbocycles. The standard InChI is InChI=1S/C21H28ClN5O/c1-23-20(27-14-12-21(15-27)10-3-2-4-11-21)24-13-9-18-25-19(26-28-18)16-5-7-17(22)8-6-16/h5-8H,2-4,9-15H2,1H3,(H,23,24). The van der Waals surface area contributed by atoms with E-state index in [4.69, 9.17) is 16.1 Å². The first-order valence-corrected chi connectivity index (χ1v) is 10.6. The Morgan fingerprint density at radius 2 is 2.00 bits per heavy atom. The van der Waals surface area contributed by atoms with Crippen molar-refractivity contribution in [1.29, 1.82) is 0 Å². The predicted molar refractivity (Wildman–Crippen MR) is 112 cm³/mol. The summed E-state index contributed by atoms with van der Waals surface area (Å²) < 4.78 is 5.39. The Hall–Kier alpha value is -2.08. The molecular formula is C21H28ClN5O. The number of likely N-dealkylation sites (tertiary alicyclic amines) is 1. The summed E-state index contributed by atoms with van der Waals surface area (Å²) >= 11 is 5.93. The van der Waals surface area contributed by atoms with Crippen LogP contribution in [-0.4, -0.2) is 47.7 Å². The van der Waals surface area contributed by atoms with E-state index in [1.165, 1.54) is 38.5 Å². The molecular weight excluding hydrogens is 374 g/mol. The number of halogens is 1. The largest absolute Gasteiger partial charge is 0.356 e. The number of guanidine groups is 1. The molecule has 2 aromatic rings. The van der Waals surface area contributed by atoms with Crippen molar-refractivity contribution in [2.75, 3.05) is 26.7 Å². The Balaban J connectivity index is 1.29. The van der Waals surface area contributed by atoms with E-state index < -0.39 is 0 Å². The van der Waals surface area contributed by atoms with E-state index in [2.05, 4.69) is 25.3 Å². The van der Waals surface area contributed by atoms with E-state index in [0.717, 1.165) is 31.2 Å². The fourth-order valence-corrected chi connectivity index (χ4v) is 4.64. The fourth-order valence-electron chi connectivity index (χ4n) is 4.51. The van der Waals surface area contributed by atoms with Gasteiger partial charge in [-0.1, -0.05) is 36.0 Å². The average molecular weight is 402 g/mol. The molecule has 4 rings (SSSR count). The van der Waals surface area contributed by atoms with E-state index >= 15 is 0 Å². The molecule has 150 valence electrons. The Morgan fingerprint density at radius 1 is 1.21 bits per heavy atom. The summed E-state index contributed by atoms with van der Waals surface area (Å²) in [7, 11) is 1.86. The van der Waals surface area contributed by atoms with Crippen molar-refractivity contribution in [2.24, 2.45) is 10.4 Å². The molecule has 0 atom stereocenters. The molecule has 0 unspecified atom stereocenters. The number of nitrogens with zero attached hydrogens (tertiary/aromatic N) is 4. The highest BCUT2D eigenvalue weighted by atomic mass is 35.5. The van der Waals surface area contributed by atoms with Crippen LogP contribution in [-0.2, 0) is 6.42 Å². The van der Waals surface area contributed by atoms with Crippen LogP contribution >= 0.6 is 11.6 Å². The average Bonchev–Trinajstić information content (AvgIpc) is 3.34. The van der Waals surface area contributed by atoms with Gasteiger partial charge in [-0.3, -0.25) is 4.99 Å². The Labute approximate surface area is 171 Å². The van der Waals surface area contributed by atoms with Crippen LogP contribution in [0.5, 0.6) is 0 Å². The fraction of sp³-hybridized carbons (Fsp3) is 0.571. The number of hydrogen-bond acceptors (Lipinski definition) is 4. The highest BCUT2D eigenvalue weighted by molar-refractivity contribution is 6.30. The number of aliphatic imine (C=N–C) groups is 1. The number of aromatic nitrogens is 2.